The molecule has 3 rings (SSSR count). The number of rotatable bonds is 1. The Balaban J connectivity index is 1.84. The number of nitrogens with one attached hydrogen (secondary N) is 1. The summed E-state index contributed by atoms with van der Waals surface area (Å²) < 4.78 is 0. The first-order valence-corrected chi connectivity index (χ1v) is 7.59. The molecular weight excluding hydrogens is 298 g/mol. The van der Waals surface area contributed by atoms with Gasteiger partial charge < -0.3 is 10.2 Å². The summed E-state index contributed by atoms with van der Waals surface area (Å²) in [6, 6.07) is 13.3. The van der Waals surface area contributed by atoms with Crippen LogP contribution in [0.25, 0.3) is 0 Å². The Labute approximate surface area is 135 Å². The number of carbonyl (C=O) groups excluding carboxylic acids is 1. The highest BCUT2D eigenvalue weighted by molar-refractivity contribution is 6.31. The van der Waals surface area contributed by atoms with E-state index in [2.05, 4.69) is 10.2 Å². The number of anilines is 3. The molecule has 0 saturated carbocycles. The van der Waals surface area contributed by atoms with Gasteiger partial charge in [-0.3, -0.25) is 4.90 Å². The molecule has 0 aromatic heterocycles. The van der Waals surface area contributed by atoms with Gasteiger partial charge in [-0.2, -0.15) is 0 Å². The lowest BCUT2D eigenvalue weighted by molar-refractivity contribution is 0.257. The van der Waals surface area contributed by atoms with Gasteiger partial charge in [0, 0.05) is 30.8 Å². The number of carbonyl (C=O) groups is 1. The van der Waals surface area contributed by atoms with Crippen LogP contribution in [-0.2, 0) is 0 Å². The first kappa shape index (κ1) is 14.7. The second kappa shape index (κ2) is 5.89. The van der Waals surface area contributed by atoms with E-state index < -0.39 is 0 Å². The van der Waals surface area contributed by atoms with E-state index in [1.165, 1.54) is 0 Å². The normalized spacial score (nSPS) is 13.8. The van der Waals surface area contributed by atoms with Crippen molar-refractivity contribution in [2.75, 3.05) is 35.3 Å². The summed E-state index contributed by atoms with van der Waals surface area (Å²) in [5.41, 5.74) is 3.68. The van der Waals surface area contributed by atoms with Gasteiger partial charge >= 0.3 is 6.03 Å². The van der Waals surface area contributed by atoms with E-state index in [-0.39, 0.29) is 6.03 Å². The van der Waals surface area contributed by atoms with Crippen LogP contribution in [0, 0.1) is 6.92 Å². The molecule has 1 N–H and O–H groups in total. The maximum Gasteiger partial charge on any atom is 0.326 e. The van der Waals surface area contributed by atoms with E-state index >= 15 is 0 Å². The van der Waals surface area contributed by atoms with Crippen molar-refractivity contribution in [3.63, 3.8) is 0 Å². The van der Waals surface area contributed by atoms with E-state index in [0.29, 0.717) is 17.3 Å². The molecule has 0 unspecified atom stereocenters. The van der Waals surface area contributed by atoms with E-state index in [9.17, 15) is 4.79 Å². The molecule has 0 radical (unpaired) electrons. The van der Waals surface area contributed by atoms with E-state index in [0.717, 1.165) is 23.5 Å². The quantitative estimate of drug-likeness (QED) is 0.858. The molecule has 0 bridgehead atoms. The number of fused-ring (bicyclic) bond motifs is 1. The van der Waals surface area contributed by atoms with Crippen LogP contribution >= 0.6 is 11.6 Å². The average Bonchev–Trinajstić information content (AvgIpc) is 2.51. The molecule has 0 atom stereocenters. The molecule has 4 nitrogen and oxygen atoms in total. The Hall–Kier alpha value is -2.20. The molecular formula is C17H18ClN3O. The van der Waals surface area contributed by atoms with Gasteiger partial charge in [-0.25, -0.2) is 4.79 Å². The fourth-order valence-electron chi connectivity index (χ4n) is 2.58. The van der Waals surface area contributed by atoms with E-state index in [1.807, 2.05) is 50.4 Å². The fraction of sp³-hybridized carbons (Fsp3) is 0.235. The van der Waals surface area contributed by atoms with Crippen molar-refractivity contribution in [3.8, 4) is 0 Å². The third-order valence-corrected chi connectivity index (χ3v) is 4.32. The number of halogens is 1. The number of urea groups is 1. The van der Waals surface area contributed by atoms with Crippen molar-refractivity contribution in [1.29, 1.82) is 0 Å². The molecule has 1 aliphatic heterocycles. The summed E-state index contributed by atoms with van der Waals surface area (Å²) in [7, 11) is 2.04. The highest BCUT2D eigenvalue weighted by atomic mass is 35.5. The SMILES string of the molecule is Cc1ccc(NC(=O)N2CCN(C)c3ccccc32)cc1Cl. The average molecular weight is 316 g/mol. The lowest BCUT2D eigenvalue weighted by Gasteiger charge is -2.35. The Bertz CT molecular complexity index is 717. The van der Waals surface area contributed by atoms with Crippen LogP contribution in [0.1, 0.15) is 5.56 Å². The van der Waals surface area contributed by atoms with Gasteiger partial charge in [-0.1, -0.05) is 29.8 Å². The van der Waals surface area contributed by atoms with Gasteiger partial charge in [-0.15, -0.1) is 0 Å². The van der Waals surface area contributed by atoms with Crippen molar-refractivity contribution >= 4 is 34.7 Å². The van der Waals surface area contributed by atoms with Crippen LogP contribution in [0.5, 0.6) is 0 Å². The smallest absolute Gasteiger partial charge is 0.326 e. The van der Waals surface area contributed by atoms with Gasteiger partial charge in [-0.05, 0) is 36.8 Å². The second-order valence-electron chi connectivity index (χ2n) is 5.46. The summed E-state index contributed by atoms with van der Waals surface area (Å²) in [6.45, 7) is 3.39. The topological polar surface area (TPSA) is 35.6 Å². The highest BCUT2D eigenvalue weighted by Crippen LogP contribution is 2.32. The van der Waals surface area contributed by atoms with Crippen LogP contribution in [0.2, 0.25) is 5.02 Å². The van der Waals surface area contributed by atoms with Crippen LogP contribution in [0.3, 0.4) is 0 Å². The van der Waals surface area contributed by atoms with Gasteiger partial charge in [0.15, 0.2) is 0 Å². The number of aryl methyl sites for hydroxylation is 1. The van der Waals surface area contributed by atoms with Gasteiger partial charge in [0.2, 0.25) is 0 Å². The summed E-state index contributed by atoms with van der Waals surface area (Å²) in [4.78, 5) is 16.5. The summed E-state index contributed by atoms with van der Waals surface area (Å²) >= 11 is 6.11. The van der Waals surface area contributed by atoms with Crippen molar-refractivity contribution in [1.82, 2.24) is 0 Å². The molecule has 2 amide bonds. The summed E-state index contributed by atoms with van der Waals surface area (Å²) in [5, 5.41) is 3.57. The summed E-state index contributed by atoms with van der Waals surface area (Å²) in [6.07, 6.45) is 0. The molecule has 2 aromatic rings. The minimum absolute atomic E-state index is 0.138. The first-order chi connectivity index (χ1) is 10.6. The van der Waals surface area contributed by atoms with Crippen LogP contribution in [0.15, 0.2) is 42.5 Å². The molecule has 22 heavy (non-hydrogen) atoms. The molecule has 1 heterocycles. The Morgan fingerprint density at radius 1 is 1.14 bits per heavy atom. The zero-order valence-corrected chi connectivity index (χ0v) is 13.4. The van der Waals surface area contributed by atoms with Gasteiger partial charge in [0.25, 0.3) is 0 Å². The standard InChI is InChI=1S/C17H18ClN3O/c1-12-7-8-13(11-14(12)18)19-17(22)21-10-9-20(2)15-5-3-4-6-16(15)21/h3-8,11H,9-10H2,1-2H3,(H,19,22). The Morgan fingerprint density at radius 2 is 1.86 bits per heavy atom. The zero-order valence-electron chi connectivity index (χ0n) is 12.6. The number of nitrogens with zero attached hydrogens (tertiary/aromatic N) is 2. The number of likely N-dealkylation sites (N-methyl/N-ethyl adjacent to an activating group) is 1. The number of hydrogen-bond donors (Lipinski definition) is 1. The van der Waals surface area contributed by atoms with Crippen molar-refractivity contribution in [2.24, 2.45) is 0 Å². The lowest BCUT2D eigenvalue weighted by Crippen LogP contribution is -2.44. The molecule has 0 saturated heterocycles. The number of para-hydroxylation sites is 2. The molecule has 0 fully saturated rings. The van der Waals surface area contributed by atoms with Gasteiger partial charge in [0.1, 0.15) is 0 Å². The summed E-state index contributed by atoms with van der Waals surface area (Å²) in [5.74, 6) is 0. The Morgan fingerprint density at radius 3 is 2.59 bits per heavy atom. The highest BCUT2D eigenvalue weighted by Gasteiger charge is 2.24. The molecule has 0 aliphatic carbocycles. The fourth-order valence-corrected chi connectivity index (χ4v) is 2.76. The Kier molecular flexibility index (Phi) is 3.94. The van der Waals surface area contributed by atoms with E-state index in [4.69, 9.17) is 11.6 Å². The predicted molar refractivity (Wildman–Crippen MR) is 92.3 cm³/mol. The second-order valence-corrected chi connectivity index (χ2v) is 5.86. The number of amides is 2. The number of hydrogen-bond acceptors (Lipinski definition) is 2. The van der Waals surface area contributed by atoms with Crippen LogP contribution in [-0.4, -0.2) is 26.2 Å². The van der Waals surface area contributed by atoms with E-state index in [1.54, 1.807) is 11.0 Å². The zero-order chi connectivity index (χ0) is 15.7. The minimum atomic E-state index is -0.138. The molecule has 5 heteroatoms. The van der Waals surface area contributed by atoms with Crippen molar-refractivity contribution < 1.29 is 4.79 Å². The lowest BCUT2D eigenvalue weighted by atomic mass is 10.2. The maximum absolute atomic E-state index is 12.6. The number of benzene rings is 2. The van der Waals surface area contributed by atoms with Crippen LogP contribution in [0.4, 0.5) is 21.9 Å². The molecule has 114 valence electrons. The molecule has 1 aliphatic rings. The predicted octanol–water partition coefficient (Wildman–Crippen LogP) is 4.14. The monoisotopic (exact) mass is 315 g/mol. The van der Waals surface area contributed by atoms with Crippen LogP contribution < -0.4 is 15.1 Å². The first-order valence-electron chi connectivity index (χ1n) is 7.21. The van der Waals surface area contributed by atoms with Gasteiger partial charge in [0.05, 0.1) is 11.4 Å². The van der Waals surface area contributed by atoms with Crippen molar-refractivity contribution in [2.45, 2.75) is 6.92 Å². The minimum Gasteiger partial charge on any atom is -0.371 e. The maximum atomic E-state index is 12.6. The third-order valence-electron chi connectivity index (χ3n) is 3.91. The van der Waals surface area contributed by atoms with Crippen molar-refractivity contribution in [3.05, 3.63) is 53.1 Å². The largest absolute Gasteiger partial charge is 0.371 e. The third kappa shape index (κ3) is 2.74. The molecule has 0 spiro atoms. The molecule has 2 aromatic carbocycles.